The molecule has 0 aromatic carbocycles. The van der Waals surface area contributed by atoms with Crippen LogP contribution in [0, 0.1) is 23.7 Å². The molecule has 2 rings (SSSR count). The maximum absolute atomic E-state index is 11.6. The zero-order valence-electron chi connectivity index (χ0n) is 8.62. The summed E-state index contributed by atoms with van der Waals surface area (Å²) in [5.74, 6) is 1.93. The lowest BCUT2D eigenvalue weighted by molar-refractivity contribution is -0.169. The van der Waals surface area contributed by atoms with E-state index in [1.165, 1.54) is 12.8 Å². The van der Waals surface area contributed by atoms with Crippen LogP contribution in [0.2, 0.25) is 0 Å². The second-order valence-electron chi connectivity index (χ2n) is 4.75. The summed E-state index contributed by atoms with van der Waals surface area (Å²) in [7, 11) is 0. The van der Waals surface area contributed by atoms with Crippen molar-refractivity contribution in [1.29, 1.82) is 0 Å². The first kappa shape index (κ1) is 9.04. The highest BCUT2D eigenvalue weighted by Crippen LogP contribution is 2.46. The Bertz CT molecular complexity index is 224. The smallest absolute Gasteiger partial charge is 0.309 e. The Kier molecular flexibility index (Phi) is 2.09. The fraction of sp³-hybridized carbons (Fsp3) is 0.909. The molecule has 13 heavy (non-hydrogen) atoms. The van der Waals surface area contributed by atoms with Crippen molar-refractivity contribution in [3.05, 3.63) is 0 Å². The Balaban J connectivity index is 2.21. The lowest BCUT2D eigenvalue weighted by atomic mass is 9.78. The number of fused-ring (bicyclic) bond motifs is 1. The van der Waals surface area contributed by atoms with Crippen molar-refractivity contribution in [1.82, 2.24) is 0 Å². The van der Waals surface area contributed by atoms with Crippen LogP contribution < -0.4 is 0 Å². The van der Waals surface area contributed by atoms with Gasteiger partial charge in [-0.25, -0.2) is 0 Å². The summed E-state index contributed by atoms with van der Waals surface area (Å²) >= 11 is 0. The maximum Gasteiger partial charge on any atom is 0.309 e. The molecule has 1 saturated carbocycles. The molecule has 74 valence electrons. The summed E-state index contributed by atoms with van der Waals surface area (Å²) in [5.41, 5.74) is 0. The molecule has 0 N–H and O–H groups in total. The molecule has 0 spiro atoms. The van der Waals surface area contributed by atoms with Gasteiger partial charge in [-0.1, -0.05) is 13.8 Å². The van der Waals surface area contributed by atoms with Gasteiger partial charge in [0.1, 0.15) is 6.10 Å². The zero-order chi connectivity index (χ0) is 9.59. The van der Waals surface area contributed by atoms with Crippen LogP contribution in [0.15, 0.2) is 0 Å². The standard InChI is InChI=1S/C11H18O2/c1-6-4-5-9-7(2)8(3)13-11(12)10(6)9/h6-10H,4-5H2,1-3H3/t6-,7-,8?,9+,10+/m0/s1. The van der Waals surface area contributed by atoms with E-state index in [1.807, 2.05) is 6.92 Å². The molecule has 2 nitrogen and oxygen atoms in total. The number of ether oxygens (including phenoxy) is 1. The van der Waals surface area contributed by atoms with Crippen LogP contribution in [0.3, 0.4) is 0 Å². The highest BCUT2D eigenvalue weighted by atomic mass is 16.5. The second-order valence-corrected chi connectivity index (χ2v) is 4.75. The van der Waals surface area contributed by atoms with Gasteiger partial charge in [0.05, 0.1) is 5.92 Å². The van der Waals surface area contributed by atoms with Gasteiger partial charge in [0.2, 0.25) is 0 Å². The van der Waals surface area contributed by atoms with Crippen LogP contribution in [0.5, 0.6) is 0 Å². The van der Waals surface area contributed by atoms with Crippen LogP contribution in [0.4, 0.5) is 0 Å². The van der Waals surface area contributed by atoms with E-state index in [0.29, 0.717) is 17.8 Å². The largest absolute Gasteiger partial charge is 0.462 e. The summed E-state index contributed by atoms with van der Waals surface area (Å²) in [5, 5.41) is 0. The average Bonchev–Trinajstić information content (AvgIpc) is 2.44. The van der Waals surface area contributed by atoms with Crippen molar-refractivity contribution < 1.29 is 9.53 Å². The van der Waals surface area contributed by atoms with Gasteiger partial charge in [-0.05, 0) is 37.5 Å². The van der Waals surface area contributed by atoms with Gasteiger partial charge in [0.25, 0.3) is 0 Å². The Morgan fingerprint density at radius 3 is 2.62 bits per heavy atom. The molecule has 1 aliphatic heterocycles. The summed E-state index contributed by atoms with van der Waals surface area (Å²) in [6, 6.07) is 0. The minimum atomic E-state index is 0.0561. The van der Waals surface area contributed by atoms with Crippen molar-refractivity contribution in [3.63, 3.8) is 0 Å². The average molecular weight is 182 g/mol. The van der Waals surface area contributed by atoms with Crippen molar-refractivity contribution >= 4 is 5.97 Å². The minimum absolute atomic E-state index is 0.0561. The Morgan fingerprint density at radius 1 is 1.23 bits per heavy atom. The molecule has 2 heteroatoms. The number of hydrogen-bond donors (Lipinski definition) is 0. The number of esters is 1. The van der Waals surface area contributed by atoms with Crippen LogP contribution in [-0.4, -0.2) is 12.1 Å². The van der Waals surface area contributed by atoms with Crippen molar-refractivity contribution in [2.45, 2.75) is 39.7 Å². The highest BCUT2D eigenvalue weighted by molar-refractivity contribution is 5.74. The van der Waals surface area contributed by atoms with E-state index >= 15 is 0 Å². The molecule has 0 bridgehead atoms. The minimum Gasteiger partial charge on any atom is -0.462 e. The van der Waals surface area contributed by atoms with E-state index in [2.05, 4.69) is 13.8 Å². The van der Waals surface area contributed by atoms with E-state index in [0.717, 1.165) is 0 Å². The van der Waals surface area contributed by atoms with Gasteiger partial charge in [-0.3, -0.25) is 4.79 Å². The fourth-order valence-corrected chi connectivity index (χ4v) is 2.95. The van der Waals surface area contributed by atoms with Crippen LogP contribution in [0.1, 0.15) is 33.6 Å². The quantitative estimate of drug-likeness (QED) is 0.537. The highest BCUT2D eigenvalue weighted by Gasteiger charge is 2.47. The van der Waals surface area contributed by atoms with Gasteiger partial charge in [0, 0.05) is 0 Å². The molecular weight excluding hydrogens is 164 g/mol. The molecular formula is C11H18O2. The number of carbonyl (C=O) groups is 1. The van der Waals surface area contributed by atoms with Crippen LogP contribution in [-0.2, 0) is 9.53 Å². The van der Waals surface area contributed by atoms with E-state index in [1.54, 1.807) is 0 Å². The molecule has 1 heterocycles. The number of carbonyl (C=O) groups excluding carboxylic acids is 1. The first-order valence-electron chi connectivity index (χ1n) is 5.31. The summed E-state index contributed by atoms with van der Waals surface area (Å²) < 4.78 is 5.34. The van der Waals surface area contributed by atoms with Gasteiger partial charge >= 0.3 is 5.97 Å². The molecule has 1 unspecified atom stereocenters. The number of cyclic esters (lactones) is 1. The molecule has 0 amide bonds. The molecule has 2 fully saturated rings. The molecule has 1 aliphatic carbocycles. The van der Waals surface area contributed by atoms with Gasteiger partial charge in [0.15, 0.2) is 0 Å². The number of hydrogen-bond acceptors (Lipinski definition) is 2. The molecule has 1 saturated heterocycles. The SMILES string of the molecule is CC1OC(=O)[C@H]2[C@H](CC[C@@H]2C)[C@H]1C. The van der Waals surface area contributed by atoms with Crippen LogP contribution in [0.25, 0.3) is 0 Å². The van der Waals surface area contributed by atoms with Crippen molar-refractivity contribution in [2.75, 3.05) is 0 Å². The van der Waals surface area contributed by atoms with Gasteiger partial charge < -0.3 is 4.74 Å². The predicted molar refractivity (Wildman–Crippen MR) is 50.1 cm³/mol. The van der Waals surface area contributed by atoms with Crippen molar-refractivity contribution in [2.24, 2.45) is 23.7 Å². The zero-order valence-corrected chi connectivity index (χ0v) is 8.62. The molecule has 0 aromatic rings. The lowest BCUT2D eigenvalue weighted by Crippen LogP contribution is -2.42. The summed E-state index contributed by atoms with van der Waals surface area (Å²) in [6.45, 7) is 6.41. The topological polar surface area (TPSA) is 26.3 Å². The molecule has 0 radical (unpaired) electrons. The van der Waals surface area contributed by atoms with Gasteiger partial charge in [-0.15, -0.1) is 0 Å². The van der Waals surface area contributed by atoms with Gasteiger partial charge in [-0.2, -0.15) is 0 Å². The third-order valence-electron chi connectivity index (χ3n) is 4.02. The lowest BCUT2D eigenvalue weighted by Gasteiger charge is -2.36. The normalized spacial score (nSPS) is 50.1. The second kappa shape index (κ2) is 3.00. The summed E-state index contributed by atoms with van der Waals surface area (Å²) in [4.78, 5) is 11.6. The molecule has 5 atom stereocenters. The van der Waals surface area contributed by atoms with Crippen LogP contribution >= 0.6 is 0 Å². The Morgan fingerprint density at radius 2 is 1.92 bits per heavy atom. The van der Waals surface area contributed by atoms with E-state index in [-0.39, 0.29) is 18.0 Å². The number of rotatable bonds is 0. The first-order chi connectivity index (χ1) is 6.11. The summed E-state index contributed by atoms with van der Waals surface area (Å²) in [6.07, 6.45) is 2.53. The van der Waals surface area contributed by atoms with E-state index in [9.17, 15) is 4.79 Å². The predicted octanol–water partition coefficient (Wildman–Crippen LogP) is 2.23. The fourth-order valence-electron chi connectivity index (χ4n) is 2.95. The molecule has 0 aromatic heterocycles. The maximum atomic E-state index is 11.6. The Labute approximate surface area is 79.7 Å². The first-order valence-corrected chi connectivity index (χ1v) is 5.31. The third-order valence-corrected chi connectivity index (χ3v) is 4.02. The van der Waals surface area contributed by atoms with Crippen molar-refractivity contribution in [3.8, 4) is 0 Å². The Hall–Kier alpha value is -0.530. The third kappa shape index (κ3) is 1.27. The monoisotopic (exact) mass is 182 g/mol. The van der Waals surface area contributed by atoms with E-state index < -0.39 is 0 Å². The molecule has 2 aliphatic rings. The van der Waals surface area contributed by atoms with E-state index in [4.69, 9.17) is 4.74 Å².